The lowest BCUT2D eigenvalue weighted by molar-refractivity contribution is -0.123. The first-order chi connectivity index (χ1) is 17.2. The average molecular weight is 496 g/mol. The van der Waals surface area contributed by atoms with Crippen molar-refractivity contribution < 1.29 is 15.0 Å². The van der Waals surface area contributed by atoms with Crippen LogP contribution >= 0.6 is 0 Å². The van der Waals surface area contributed by atoms with E-state index in [0.717, 1.165) is 25.7 Å². The number of amides is 1. The minimum absolute atomic E-state index is 0.0704. The van der Waals surface area contributed by atoms with E-state index < -0.39 is 12.1 Å². The summed E-state index contributed by atoms with van der Waals surface area (Å²) in [6.45, 7) is 4.26. The SMILES string of the molecule is CCCCCCCCCCCCCCC/C=C/[C@@H](O)[C@H](CO)NC(=O)CCCCCCCCCC. The number of aliphatic hydroxyl groups excluding tert-OH is 2. The van der Waals surface area contributed by atoms with Crippen molar-refractivity contribution in [3.8, 4) is 0 Å². The van der Waals surface area contributed by atoms with Gasteiger partial charge in [0, 0.05) is 6.42 Å². The van der Waals surface area contributed by atoms with Gasteiger partial charge in [0.25, 0.3) is 0 Å². The van der Waals surface area contributed by atoms with Crippen molar-refractivity contribution >= 4 is 5.91 Å². The topological polar surface area (TPSA) is 69.6 Å². The molecule has 0 heterocycles. The minimum atomic E-state index is -0.829. The fourth-order valence-corrected chi connectivity index (χ4v) is 4.59. The van der Waals surface area contributed by atoms with Gasteiger partial charge in [-0.05, 0) is 19.3 Å². The lowest BCUT2D eigenvalue weighted by atomic mass is 10.0. The van der Waals surface area contributed by atoms with Crippen LogP contribution in [0.15, 0.2) is 12.2 Å². The van der Waals surface area contributed by atoms with Crippen molar-refractivity contribution in [2.75, 3.05) is 6.61 Å². The van der Waals surface area contributed by atoms with Gasteiger partial charge < -0.3 is 15.5 Å². The average Bonchev–Trinajstić information content (AvgIpc) is 2.86. The summed E-state index contributed by atoms with van der Waals surface area (Å²) in [7, 11) is 0. The van der Waals surface area contributed by atoms with Crippen LogP contribution in [0.2, 0.25) is 0 Å². The molecule has 0 radical (unpaired) electrons. The van der Waals surface area contributed by atoms with Gasteiger partial charge in [-0.3, -0.25) is 4.79 Å². The number of allylic oxidation sites excluding steroid dienone is 1. The predicted octanol–water partition coefficient (Wildman–Crippen LogP) is 8.39. The first kappa shape index (κ1) is 34.1. The fourth-order valence-electron chi connectivity index (χ4n) is 4.59. The molecule has 2 atom stereocenters. The number of carbonyl (C=O) groups excluding carboxylic acids is 1. The second kappa shape index (κ2) is 27.7. The summed E-state index contributed by atoms with van der Waals surface area (Å²) in [6, 6.07) is -0.612. The first-order valence-electron chi connectivity index (χ1n) is 15.4. The summed E-state index contributed by atoms with van der Waals surface area (Å²) in [5, 5.41) is 22.7. The molecule has 0 aliphatic rings. The molecule has 0 aromatic rings. The zero-order chi connectivity index (χ0) is 25.8. The highest BCUT2D eigenvalue weighted by atomic mass is 16.3. The van der Waals surface area contributed by atoms with E-state index in [1.807, 2.05) is 6.08 Å². The monoisotopic (exact) mass is 495 g/mol. The Kier molecular flexibility index (Phi) is 27.0. The zero-order valence-corrected chi connectivity index (χ0v) is 23.6. The minimum Gasteiger partial charge on any atom is -0.394 e. The quantitative estimate of drug-likeness (QED) is 0.0791. The van der Waals surface area contributed by atoms with Gasteiger partial charge in [0.1, 0.15) is 0 Å². The van der Waals surface area contributed by atoms with Gasteiger partial charge in [-0.2, -0.15) is 0 Å². The van der Waals surface area contributed by atoms with E-state index in [0.29, 0.717) is 6.42 Å². The number of carbonyl (C=O) groups is 1. The predicted molar refractivity (Wildman–Crippen MR) is 152 cm³/mol. The van der Waals surface area contributed by atoms with Crippen LogP contribution in [0.25, 0.3) is 0 Å². The Morgan fingerprint density at radius 1 is 0.657 bits per heavy atom. The van der Waals surface area contributed by atoms with Crippen molar-refractivity contribution in [3.05, 3.63) is 12.2 Å². The molecule has 0 aliphatic carbocycles. The van der Waals surface area contributed by atoms with Crippen molar-refractivity contribution in [2.45, 2.75) is 174 Å². The summed E-state index contributed by atoms with van der Waals surface area (Å²) in [4.78, 5) is 12.1. The first-order valence-corrected chi connectivity index (χ1v) is 15.4. The third kappa shape index (κ3) is 24.6. The summed E-state index contributed by atoms with van der Waals surface area (Å²) in [5.41, 5.74) is 0. The Bertz CT molecular complexity index is 466. The number of hydrogen-bond acceptors (Lipinski definition) is 3. The smallest absolute Gasteiger partial charge is 0.220 e. The number of aliphatic hydroxyl groups is 2. The van der Waals surface area contributed by atoms with E-state index in [1.54, 1.807) is 6.08 Å². The van der Waals surface area contributed by atoms with E-state index in [-0.39, 0.29) is 12.5 Å². The lowest BCUT2D eigenvalue weighted by Gasteiger charge is -2.20. The molecule has 0 aliphatic heterocycles. The molecule has 3 N–H and O–H groups in total. The molecule has 0 bridgehead atoms. The largest absolute Gasteiger partial charge is 0.394 e. The van der Waals surface area contributed by atoms with Gasteiger partial charge in [0.15, 0.2) is 0 Å². The third-order valence-electron chi connectivity index (χ3n) is 7.02. The van der Waals surface area contributed by atoms with E-state index in [9.17, 15) is 15.0 Å². The number of unbranched alkanes of at least 4 members (excludes halogenated alkanes) is 20. The summed E-state index contributed by atoms with van der Waals surface area (Å²) < 4.78 is 0. The van der Waals surface area contributed by atoms with Gasteiger partial charge in [0.2, 0.25) is 5.91 Å². The molecule has 0 spiro atoms. The Balaban J connectivity index is 3.64. The Labute approximate surface area is 218 Å². The second-order valence-electron chi connectivity index (χ2n) is 10.5. The van der Waals surface area contributed by atoms with E-state index in [4.69, 9.17) is 0 Å². The van der Waals surface area contributed by atoms with Gasteiger partial charge >= 0.3 is 0 Å². The van der Waals surface area contributed by atoms with Crippen molar-refractivity contribution in [2.24, 2.45) is 0 Å². The molecule has 0 aromatic heterocycles. The number of rotatable bonds is 27. The standard InChI is InChI=1S/C31H61NO3/c1-3-5-7-9-11-13-14-15-16-17-18-19-20-22-24-26-30(34)29(28-33)32-31(35)27-25-23-21-12-10-8-6-4-2/h24,26,29-30,33-34H,3-23,25,27-28H2,1-2H3,(H,32,35)/b26-24+/t29-,30+/m0/s1. The van der Waals surface area contributed by atoms with Crippen molar-refractivity contribution in [3.63, 3.8) is 0 Å². The third-order valence-corrected chi connectivity index (χ3v) is 7.02. The molecular weight excluding hydrogens is 434 g/mol. The Morgan fingerprint density at radius 2 is 1.06 bits per heavy atom. The highest BCUT2D eigenvalue weighted by Gasteiger charge is 2.17. The molecule has 208 valence electrons. The van der Waals surface area contributed by atoms with Crippen LogP contribution in [-0.4, -0.2) is 34.9 Å². The highest BCUT2D eigenvalue weighted by molar-refractivity contribution is 5.76. The van der Waals surface area contributed by atoms with E-state index in [1.165, 1.54) is 116 Å². The number of nitrogens with one attached hydrogen (secondary N) is 1. The molecule has 4 nitrogen and oxygen atoms in total. The zero-order valence-electron chi connectivity index (χ0n) is 23.6. The maximum absolute atomic E-state index is 12.1. The maximum atomic E-state index is 12.1. The molecule has 0 saturated heterocycles. The second-order valence-corrected chi connectivity index (χ2v) is 10.5. The summed E-state index contributed by atoms with van der Waals surface area (Å²) in [5.74, 6) is -0.0704. The molecule has 0 fully saturated rings. The fraction of sp³-hybridized carbons (Fsp3) is 0.903. The van der Waals surface area contributed by atoms with Gasteiger partial charge in [-0.15, -0.1) is 0 Å². The Morgan fingerprint density at radius 3 is 1.49 bits per heavy atom. The molecule has 0 aromatic carbocycles. The molecule has 35 heavy (non-hydrogen) atoms. The van der Waals surface area contributed by atoms with Crippen molar-refractivity contribution in [1.82, 2.24) is 5.32 Å². The molecule has 1 amide bonds. The molecule has 0 rings (SSSR count). The Hall–Kier alpha value is -0.870. The van der Waals surface area contributed by atoms with Crippen LogP contribution in [0.4, 0.5) is 0 Å². The van der Waals surface area contributed by atoms with Crippen molar-refractivity contribution in [1.29, 1.82) is 0 Å². The normalized spacial score (nSPS) is 13.4. The van der Waals surface area contributed by atoms with Crippen LogP contribution < -0.4 is 5.32 Å². The maximum Gasteiger partial charge on any atom is 0.220 e. The van der Waals surface area contributed by atoms with Crippen LogP contribution in [0, 0.1) is 0 Å². The van der Waals surface area contributed by atoms with E-state index >= 15 is 0 Å². The van der Waals surface area contributed by atoms with Crippen LogP contribution in [0.1, 0.15) is 162 Å². The van der Waals surface area contributed by atoms with Crippen LogP contribution in [-0.2, 0) is 4.79 Å². The van der Waals surface area contributed by atoms with Gasteiger partial charge in [-0.1, -0.05) is 148 Å². The summed E-state index contributed by atoms with van der Waals surface area (Å²) in [6.07, 6.45) is 31.4. The number of hydrogen-bond donors (Lipinski definition) is 3. The summed E-state index contributed by atoms with van der Waals surface area (Å²) >= 11 is 0. The highest BCUT2D eigenvalue weighted by Crippen LogP contribution is 2.13. The molecule has 0 unspecified atom stereocenters. The molecule has 4 heteroatoms. The van der Waals surface area contributed by atoms with Gasteiger partial charge in [0.05, 0.1) is 18.8 Å². The van der Waals surface area contributed by atoms with Crippen LogP contribution in [0.5, 0.6) is 0 Å². The van der Waals surface area contributed by atoms with E-state index in [2.05, 4.69) is 19.2 Å². The lowest BCUT2D eigenvalue weighted by Crippen LogP contribution is -2.45. The van der Waals surface area contributed by atoms with Crippen LogP contribution in [0.3, 0.4) is 0 Å². The molecular formula is C31H61NO3. The van der Waals surface area contributed by atoms with Gasteiger partial charge in [-0.25, -0.2) is 0 Å². The molecule has 0 saturated carbocycles.